The number of likely N-dealkylation sites (N-methyl/N-ethyl adjacent to an activating group) is 1. The highest BCUT2D eigenvalue weighted by Crippen LogP contribution is 2.30. The molecule has 0 bridgehead atoms. The molecule has 1 aliphatic rings. The van der Waals surface area contributed by atoms with E-state index in [1.54, 1.807) is 0 Å². The van der Waals surface area contributed by atoms with Crippen molar-refractivity contribution in [3.05, 3.63) is 0 Å². The molecule has 2 atom stereocenters. The number of nitrogens with zero attached hydrogens (tertiary/aromatic N) is 1. The Labute approximate surface area is 94.2 Å². The normalized spacial score (nSPS) is 25.6. The molecule has 3 heteroatoms. The van der Waals surface area contributed by atoms with Gasteiger partial charge in [-0.2, -0.15) is 0 Å². The zero-order chi connectivity index (χ0) is 11.1. The van der Waals surface area contributed by atoms with Crippen molar-refractivity contribution < 1.29 is 4.74 Å². The molecule has 1 aliphatic carbocycles. The van der Waals surface area contributed by atoms with Crippen LogP contribution in [0.25, 0.3) is 0 Å². The summed E-state index contributed by atoms with van der Waals surface area (Å²) in [5.41, 5.74) is 0. The summed E-state index contributed by atoms with van der Waals surface area (Å²) in [4.78, 5) is 2.46. The first-order valence-corrected chi connectivity index (χ1v) is 6.28. The Morgan fingerprint density at radius 3 is 2.67 bits per heavy atom. The molecule has 1 saturated carbocycles. The van der Waals surface area contributed by atoms with Gasteiger partial charge in [0.15, 0.2) is 0 Å². The minimum Gasteiger partial charge on any atom is -0.380 e. The second-order valence-electron chi connectivity index (χ2n) is 4.39. The number of hydrogen-bond donors (Lipinski definition) is 1. The number of rotatable bonds is 8. The fourth-order valence-electron chi connectivity index (χ4n) is 2.22. The smallest absolute Gasteiger partial charge is 0.0593 e. The molecule has 1 N–H and O–H groups in total. The molecule has 0 heterocycles. The van der Waals surface area contributed by atoms with Gasteiger partial charge in [-0.25, -0.2) is 0 Å². The predicted molar refractivity (Wildman–Crippen MR) is 64.2 cm³/mol. The molecule has 1 fully saturated rings. The van der Waals surface area contributed by atoms with Crippen LogP contribution in [0, 0.1) is 5.92 Å². The van der Waals surface area contributed by atoms with Gasteiger partial charge in [0.1, 0.15) is 0 Å². The fraction of sp³-hybridized carbons (Fsp3) is 1.00. The Kier molecular flexibility index (Phi) is 6.22. The van der Waals surface area contributed by atoms with E-state index < -0.39 is 0 Å². The zero-order valence-electron chi connectivity index (χ0n) is 10.5. The van der Waals surface area contributed by atoms with Crippen molar-refractivity contribution in [3.8, 4) is 0 Å². The first-order valence-electron chi connectivity index (χ1n) is 6.28. The molecular weight excluding hydrogens is 188 g/mol. The van der Waals surface area contributed by atoms with Gasteiger partial charge in [0, 0.05) is 19.2 Å². The summed E-state index contributed by atoms with van der Waals surface area (Å²) in [7, 11) is 2.22. The van der Waals surface area contributed by atoms with Crippen molar-refractivity contribution in [1.29, 1.82) is 0 Å². The Balaban J connectivity index is 2.12. The maximum absolute atomic E-state index is 5.38. The van der Waals surface area contributed by atoms with Crippen LogP contribution >= 0.6 is 0 Å². The summed E-state index contributed by atoms with van der Waals surface area (Å²) in [6.07, 6.45) is 2.75. The van der Waals surface area contributed by atoms with E-state index in [0.717, 1.165) is 38.3 Å². The Hall–Kier alpha value is -0.120. The fourth-order valence-corrected chi connectivity index (χ4v) is 2.22. The minimum absolute atomic E-state index is 0.782. The van der Waals surface area contributed by atoms with E-state index in [1.165, 1.54) is 19.4 Å². The lowest BCUT2D eigenvalue weighted by atomic mass is 9.78. The summed E-state index contributed by atoms with van der Waals surface area (Å²) in [6, 6.07) is 0.782. The Bertz CT molecular complexity index is 164. The minimum atomic E-state index is 0.782. The third kappa shape index (κ3) is 4.09. The first-order chi connectivity index (χ1) is 7.29. The molecule has 0 saturated heterocycles. The van der Waals surface area contributed by atoms with Crippen LogP contribution in [-0.2, 0) is 4.74 Å². The van der Waals surface area contributed by atoms with Crippen LogP contribution in [0.4, 0.5) is 0 Å². The molecule has 15 heavy (non-hydrogen) atoms. The first kappa shape index (κ1) is 12.9. The van der Waals surface area contributed by atoms with Crippen molar-refractivity contribution in [1.82, 2.24) is 10.2 Å². The molecule has 0 aromatic rings. The van der Waals surface area contributed by atoms with Gasteiger partial charge >= 0.3 is 0 Å². The topological polar surface area (TPSA) is 24.5 Å². The average molecular weight is 214 g/mol. The van der Waals surface area contributed by atoms with Crippen LogP contribution in [0.3, 0.4) is 0 Å². The van der Waals surface area contributed by atoms with E-state index >= 15 is 0 Å². The van der Waals surface area contributed by atoms with Crippen LogP contribution in [-0.4, -0.2) is 50.8 Å². The molecule has 90 valence electrons. The third-order valence-electron chi connectivity index (χ3n) is 3.39. The summed E-state index contributed by atoms with van der Waals surface area (Å²) >= 11 is 0. The number of nitrogens with one attached hydrogen (secondary N) is 1. The van der Waals surface area contributed by atoms with E-state index in [0.29, 0.717) is 0 Å². The van der Waals surface area contributed by atoms with Gasteiger partial charge in [-0.3, -0.25) is 0 Å². The van der Waals surface area contributed by atoms with Gasteiger partial charge in [-0.15, -0.1) is 0 Å². The maximum atomic E-state index is 5.38. The molecular formula is C12H26N2O. The highest BCUT2D eigenvalue weighted by molar-refractivity contribution is 4.88. The SMILES string of the molecule is CCNCC1CCC1N(C)CCOCC. The van der Waals surface area contributed by atoms with Gasteiger partial charge < -0.3 is 15.0 Å². The van der Waals surface area contributed by atoms with Gasteiger partial charge in [0.2, 0.25) is 0 Å². The van der Waals surface area contributed by atoms with Gasteiger partial charge in [-0.05, 0) is 45.8 Å². The summed E-state index contributed by atoms with van der Waals surface area (Å²) in [6.45, 7) is 9.27. The van der Waals surface area contributed by atoms with Crippen LogP contribution in [0.15, 0.2) is 0 Å². The second-order valence-corrected chi connectivity index (χ2v) is 4.39. The molecule has 0 aromatic carbocycles. The molecule has 1 rings (SSSR count). The standard InChI is InChI=1S/C12H26N2O/c1-4-13-10-11-6-7-12(11)14(3)8-9-15-5-2/h11-13H,4-10H2,1-3H3. The average Bonchev–Trinajstić information content (AvgIpc) is 2.17. The highest BCUT2D eigenvalue weighted by Gasteiger charge is 2.32. The lowest BCUT2D eigenvalue weighted by Crippen LogP contribution is -2.49. The van der Waals surface area contributed by atoms with Crippen molar-refractivity contribution in [3.63, 3.8) is 0 Å². The highest BCUT2D eigenvalue weighted by atomic mass is 16.5. The Morgan fingerprint density at radius 2 is 2.13 bits per heavy atom. The molecule has 0 amide bonds. The van der Waals surface area contributed by atoms with Gasteiger partial charge in [0.05, 0.1) is 6.61 Å². The number of hydrogen-bond acceptors (Lipinski definition) is 3. The van der Waals surface area contributed by atoms with E-state index in [2.05, 4.69) is 31.1 Å². The zero-order valence-corrected chi connectivity index (χ0v) is 10.5. The monoisotopic (exact) mass is 214 g/mol. The van der Waals surface area contributed by atoms with Crippen LogP contribution in [0.2, 0.25) is 0 Å². The molecule has 2 unspecified atom stereocenters. The van der Waals surface area contributed by atoms with E-state index in [4.69, 9.17) is 4.74 Å². The summed E-state index contributed by atoms with van der Waals surface area (Å²) < 4.78 is 5.38. The van der Waals surface area contributed by atoms with Crippen LogP contribution < -0.4 is 5.32 Å². The maximum Gasteiger partial charge on any atom is 0.0593 e. The molecule has 3 nitrogen and oxygen atoms in total. The lowest BCUT2D eigenvalue weighted by molar-refractivity contribution is 0.0502. The van der Waals surface area contributed by atoms with E-state index in [-0.39, 0.29) is 0 Å². The van der Waals surface area contributed by atoms with E-state index in [9.17, 15) is 0 Å². The van der Waals surface area contributed by atoms with Gasteiger partial charge in [0.25, 0.3) is 0 Å². The number of ether oxygens (including phenoxy) is 1. The largest absolute Gasteiger partial charge is 0.380 e. The van der Waals surface area contributed by atoms with Gasteiger partial charge in [-0.1, -0.05) is 6.92 Å². The molecule has 0 spiro atoms. The van der Waals surface area contributed by atoms with Crippen molar-refractivity contribution in [2.45, 2.75) is 32.7 Å². The van der Waals surface area contributed by atoms with Crippen molar-refractivity contribution in [2.75, 3.05) is 39.9 Å². The van der Waals surface area contributed by atoms with Crippen LogP contribution in [0.5, 0.6) is 0 Å². The molecule has 0 aromatic heterocycles. The molecule has 0 aliphatic heterocycles. The van der Waals surface area contributed by atoms with E-state index in [1.807, 2.05) is 0 Å². The second kappa shape index (κ2) is 7.20. The van der Waals surface area contributed by atoms with Crippen molar-refractivity contribution >= 4 is 0 Å². The summed E-state index contributed by atoms with van der Waals surface area (Å²) in [5, 5.41) is 3.44. The lowest BCUT2D eigenvalue weighted by Gasteiger charge is -2.43. The quantitative estimate of drug-likeness (QED) is 0.617. The molecule has 0 radical (unpaired) electrons. The third-order valence-corrected chi connectivity index (χ3v) is 3.39. The van der Waals surface area contributed by atoms with Crippen molar-refractivity contribution in [2.24, 2.45) is 5.92 Å². The predicted octanol–water partition coefficient (Wildman–Crippen LogP) is 1.34. The Morgan fingerprint density at radius 1 is 1.33 bits per heavy atom. The van der Waals surface area contributed by atoms with Crippen LogP contribution in [0.1, 0.15) is 26.7 Å². The summed E-state index contributed by atoms with van der Waals surface area (Å²) in [5.74, 6) is 0.858.